The highest BCUT2D eigenvalue weighted by atomic mass is 16.7. The Bertz CT molecular complexity index is 1470. The summed E-state index contributed by atoms with van der Waals surface area (Å²) in [5.74, 6) is 1.44. The summed E-state index contributed by atoms with van der Waals surface area (Å²) in [4.78, 5) is 16.2. The lowest BCUT2D eigenvalue weighted by Gasteiger charge is -2.13. The van der Waals surface area contributed by atoms with Crippen LogP contribution in [0.1, 0.15) is 31.2 Å². The van der Waals surface area contributed by atoms with E-state index in [0.717, 1.165) is 70.1 Å². The van der Waals surface area contributed by atoms with Gasteiger partial charge in [-0.2, -0.15) is 0 Å². The summed E-state index contributed by atoms with van der Waals surface area (Å²) < 4.78 is 7.43. The van der Waals surface area contributed by atoms with Crippen LogP contribution in [0.3, 0.4) is 0 Å². The molecule has 0 bridgehead atoms. The number of rotatable bonds is 7. The zero-order valence-corrected chi connectivity index (χ0v) is 19.1. The number of para-hydroxylation sites is 2. The topological polar surface area (TPSA) is 64.4 Å². The van der Waals surface area contributed by atoms with Gasteiger partial charge in [0, 0.05) is 18.5 Å². The lowest BCUT2D eigenvalue weighted by atomic mass is 9.99. The number of fused-ring (bicyclic) bond motifs is 2. The van der Waals surface area contributed by atoms with Gasteiger partial charge < -0.3 is 14.4 Å². The van der Waals surface area contributed by atoms with Gasteiger partial charge in [-0.05, 0) is 52.6 Å². The highest BCUT2D eigenvalue weighted by Crippen LogP contribution is 2.35. The first-order valence-corrected chi connectivity index (χ1v) is 11.6. The SMILES string of the molecule is CCCCc1nc2ccccc2n1Cc1ccc(-c2cc3ccccc3cc2OC(=O)O)cc1. The molecule has 0 radical (unpaired) electrons. The largest absolute Gasteiger partial charge is 0.511 e. The molecule has 4 aromatic carbocycles. The van der Waals surface area contributed by atoms with Gasteiger partial charge in [0.25, 0.3) is 0 Å². The monoisotopic (exact) mass is 450 g/mol. The van der Waals surface area contributed by atoms with Crippen LogP contribution in [0.5, 0.6) is 5.75 Å². The molecule has 0 amide bonds. The second-order valence-electron chi connectivity index (χ2n) is 8.47. The van der Waals surface area contributed by atoms with Crippen molar-refractivity contribution in [3.05, 3.63) is 96.3 Å². The van der Waals surface area contributed by atoms with E-state index in [-0.39, 0.29) is 0 Å². The van der Waals surface area contributed by atoms with Gasteiger partial charge >= 0.3 is 6.16 Å². The van der Waals surface area contributed by atoms with E-state index in [1.807, 2.05) is 48.5 Å². The zero-order chi connectivity index (χ0) is 23.5. The molecule has 5 nitrogen and oxygen atoms in total. The second kappa shape index (κ2) is 9.40. The van der Waals surface area contributed by atoms with Crippen LogP contribution in [0.25, 0.3) is 32.9 Å². The summed E-state index contributed by atoms with van der Waals surface area (Å²) in [5.41, 5.74) is 4.99. The minimum Gasteiger partial charge on any atom is -0.449 e. The second-order valence-corrected chi connectivity index (χ2v) is 8.47. The quantitative estimate of drug-likeness (QED) is 0.209. The number of imidazole rings is 1. The fraction of sp³-hybridized carbons (Fsp3) is 0.172. The minimum atomic E-state index is -1.32. The number of hydrogen-bond donors (Lipinski definition) is 1. The summed E-state index contributed by atoms with van der Waals surface area (Å²) in [6.07, 6.45) is 1.87. The number of nitrogens with zero attached hydrogens (tertiary/aromatic N) is 2. The van der Waals surface area contributed by atoms with E-state index >= 15 is 0 Å². The smallest absolute Gasteiger partial charge is 0.449 e. The van der Waals surface area contributed by atoms with Crippen molar-refractivity contribution in [2.24, 2.45) is 0 Å². The predicted octanol–water partition coefficient (Wildman–Crippen LogP) is 7.30. The van der Waals surface area contributed by atoms with Crippen LogP contribution in [-0.4, -0.2) is 20.8 Å². The van der Waals surface area contributed by atoms with Crippen LogP contribution >= 0.6 is 0 Å². The van der Waals surface area contributed by atoms with Gasteiger partial charge in [-0.1, -0.05) is 74.0 Å². The summed E-state index contributed by atoms with van der Waals surface area (Å²) >= 11 is 0. The van der Waals surface area contributed by atoms with Gasteiger partial charge in [-0.15, -0.1) is 0 Å². The molecule has 170 valence electrons. The average Bonchev–Trinajstić information content (AvgIpc) is 3.19. The van der Waals surface area contributed by atoms with Crippen molar-refractivity contribution in [2.45, 2.75) is 32.7 Å². The van der Waals surface area contributed by atoms with E-state index in [2.05, 4.69) is 41.8 Å². The van der Waals surface area contributed by atoms with Crippen molar-refractivity contribution in [1.82, 2.24) is 9.55 Å². The molecule has 1 heterocycles. The fourth-order valence-electron chi connectivity index (χ4n) is 4.42. The maximum absolute atomic E-state index is 11.3. The first-order valence-electron chi connectivity index (χ1n) is 11.6. The molecule has 0 aliphatic rings. The van der Waals surface area contributed by atoms with Crippen LogP contribution in [0.2, 0.25) is 0 Å². The molecule has 0 saturated carbocycles. The number of aryl methyl sites for hydroxylation is 1. The Balaban J connectivity index is 1.49. The molecule has 0 fully saturated rings. The summed E-state index contributed by atoms with van der Waals surface area (Å²) in [6.45, 7) is 2.93. The van der Waals surface area contributed by atoms with Crippen LogP contribution < -0.4 is 4.74 Å². The van der Waals surface area contributed by atoms with Crippen molar-refractivity contribution in [1.29, 1.82) is 0 Å². The highest BCUT2D eigenvalue weighted by molar-refractivity contribution is 5.91. The first-order chi connectivity index (χ1) is 16.6. The number of carbonyl (C=O) groups is 1. The van der Waals surface area contributed by atoms with Gasteiger partial charge in [0.05, 0.1) is 11.0 Å². The first kappa shape index (κ1) is 21.7. The number of ether oxygens (including phenoxy) is 1. The standard InChI is InChI=1S/C29H26N2O3/c1-2-3-12-28-30-25-10-6-7-11-26(25)31(28)19-20-13-15-21(16-14-20)24-17-22-8-4-5-9-23(22)18-27(24)34-29(32)33/h4-11,13-18H,2-3,12,19H2,1H3,(H,32,33). The van der Waals surface area contributed by atoms with Crippen LogP contribution in [0.4, 0.5) is 4.79 Å². The van der Waals surface area contributed by atoms with Crippen molar-refractivity contribution in [3.63, 3.8) is 0 Å². The van der Waals surface area contributed by atoms with Gasteiger partial charge in [0.1, 0.15) is 11.6 Å². The number of unbranched alkanes of at least 4 members (excludes halogenated alkanes) is 1. The van der Waals surface area contributed by atoms with Gasteiger partial charge in [-0.25, -0.2) is 9.78 Å². The van der Waals surface area contributed by atoms with Gasteiger partial charge in [0.2, 0.25) is 0 Å². The van der Waals surface area contributed by atoms with Crippen molar-refractivity contribution in [2.75, 3.05) is 0 Å². The average molecular weight is 451 g/mol. The zero-order valence-electron chi connectivity index (χ0n) is 19.1. The van der Waals surface area contributed by atoms with Gasteiger partial charge in [-0.3, -0.25) is 0 Å². The van der Waals surface area contributed by atoms with E-state index in [4.69, 9.17) is 9.72 Å². The van der Waals surface area contributed by atoms with E-state index in [1.54, 1.807) is 6.07 Å². The Morgan fingerprint density at radius 1 is 0.941 bits per heavy atom. The number of hydrogen-bond acceptors (Lipinski definition) is 3. The van der Waals surface area contributed by atoms with E-state index in [0.29, 0.717) is 5.75 Å². The Kier molecular flexibility index (Phi) is 6.00. The number of aromatic nitrogens is 2. The number of benzene rings is 4. The van der Waals surface area contributed by atoms with Crippen molar-refractivity contribution in [3.8, 4) is 16.9 Å². The Hall–Kier alpha value is -4.12. The molecule has 5 rings (SSSR count). The molecule has 5 heteroatoms. The summed E-state index contributed by atoms with van der Waals surface area (Å²) in [6, 6.07) is 28.1. The molecule has 0 unspecified atom stereocenters. The van der Waals surface area contributed by atoms with Crippen molar-refractivity contribution >= 4 is 28.0 Å². The molecule has 0 spiro atoms. The molecule has 0 atom stereocenters. The maximum atomic E-state index is 11.3. The van der Waals surface area contributed by atoms with Crippen LogP contribution in [-0.2, 0) is 13.0 Å². The molecular weight excluding hydrogens is 424 g/mol. The third-order valence-electron chi connectivity index (χ3n) is 6.14. The third-order valence-corrected chi connectivity index (χ3v) is 6.14. The normalized spacial score (nSPS) is 11.2. The van der Waals surface area contributed by atoms with E-state index < -0.39 is 6.16 Å². The summed E-state index contributed by atoms with van der Waals surface area (Å²) in [5, 5.41) is 11.2. The predicted molar refractivity (Wildman–Crippen MR) is 135 cm³/mol. The highest BCUT2D eigenvalue weighted by Gasteiger charge is 2.14. The Morgan fingerprint density at radius 2 is 1.65 bits per heavy atom. The Morgan fingerprint density at radius 3 is 2.38 bits per heavy atom. The number of carboxylic acid groups (broad SMARTS) is 1. The van der Waals surface area contributed by atoms with E-state index in [9.17, 15) is 9.90 Å². The summed E-state index contributed by atoms with van der Waals surface area (Å²) in [7, 11) is 0. The van der Waals surface area contributed by atoms with Crippen molar-refractivity contribution < 1.29 is 14.6 Å². The molecule has 1 N–H and O–H groups in total. The minimum absolute atomic E-state index is 0.335. The lowest BCUT2D eigenvalue weighted by molar-refractivity contribution is 0.144. The molecular formula is C29H26N2O3. The molecule has 1 aromatic heterocycles. The fourth-order valence-corrected chi connectivity index (χ4v) is 4.42. The third kappa shape index (κ3) is 4.37. The molecule has 0 saturated heterocycles. The van der Waals surface area contributed by atoms with Gasteiger partial charge in [0.15, 0.2) is 0 Å². The molecule has 34 heavy (non-hydrogen) atoms. The maximum Gasteiger partial charge on any atom is 0.511 e. The molecule has 5 aromatic rings. The molecule has 0 aliphatic heterocycles. The molecule has 0 aliphatic carbocycles. The lowest BCUT2D eigenvalue weighted by Crippen LogP contribution is -2.06. The van der Waals surface area contributed by atoms with Crippen LogP contribution in [0, 0.1) is 0 Å². The van der Waals surface area contributed by atoms with Crippen LogP contribution in [0.15, 0.2) is 84.9 Å². The Labute approximate surface area is 198 Å². The van der Waals surface area contributed by atoms with E-state index in [1.165, 1.54) is 0 Å².